The first-order valence-electron chi connectivity index (χ1n) is 11.5. The minimum Gasteiger partial charge on any atom is -0.494 e. The summed E-state index contributed by atoms with van der Waals surface area (Å²) in [5.41, 5.74) is 4.06. The summed E-state index contributed by atoms with van der Waals surface area (Å²) in [6.07, 6.45) is 4.30. The summed E-state index contributed by atoms with van der Waals surface area (Å²) in [5.74, 6) is 1.30. The van der Waals surface area contributed by atoms with E-state index in [1.54, 1.807) is 11.3 Å². The number of anilines is 1. The second-order valence-corrected chi connectivity index (χ2v) is 9.19. The molecule has 0 radical (unpaired) electrons. The highest BCUT2D eigenvalue weighted by atomic mass is 32.1. The van der Waals surface area contributed by atoms with Crippen LogP contribution in [0.25, 0.3) is 10.3 Å². The molecule has 172 valence electrons. The van der Waals surface area contributed by atoms with Gasteiger partial charge in [-0.25, -0.2) is 4.79 Å². The van der Waals surface area contributed by atoms with Crippen LogP contribution in [0.4, 0.5) is 10.5 Å². The van der Waals surface area contributed by atoms with E-state index < -0.39 is 0 Å². The summed E-state index contributed by atoms with van der Waals surface area (Å²) >= 11 is 1.75. The van der Waals surface area contributed by atoms with E-state index in [4.69, 9.17) is 9.26 Å². The molecule has 1 aromatic carbocycles. The molecule has 0 bridgehead atoms. The number of nitrogens with zero attached hydrogens (tertiary/aromatic N) is 2. The Morgan fingerprint density at radius 2 is 2.03 bits per heavy atom. The first-order valence-corrected chi connectivity index (χ1v) is 12.4. The van der Waals surface area contributed by atoms with Gasteiger partial charge in [0.05, 0.1) is 11.3 Å². The van der Waals surface area contributed by atoms with Gasteiger partial charge in [-0.3, -0.25) is 0 Å². The summed E-state index contributed by atoms with van der Waals surface area (Å²) < 4.78 is 12.2. The fourth-order valence-electron chi connectivity index (χ4n) is 4.19. The maximum atomic E-state index is 12.1. The smallest absolute Gasteiger partial charge is 0.319 e. The van der Waals surface area contributed by atoms with Crippen LogP contribution in [0.1, 0.15) is 49.8 Å². The number of thiophene rings is 1. The molecule has 0 spiro atoms. The number of unbranched alkanes of at least 4 members (excludes halogenated alkanes) is 1. The summed E-state index contributed by atoms with van der Waals surface area (Å²) in [4.78, 5) is 14.6. The minimum atomic E-state index is -0.169. The molecule has 1 aliphatic heterocycles. The molecule has 2 amide bonds. The third-order valence-electron chi connectivity index (χ3n) is 5.97. The summed E-state index contributed by atoms with van der Waals surface area (Å²) in [7, 11) is 0. The predicted octanol–water partition coefficient (Wildman–Crippen LogP) is 5.38. The normalized spacial score (nSPS) is 15.2. The van der Waals surface area contributed by atoms with Crippen molar-refractivity contribution >= 4 is 33.3 Å². The van der Waals surface area contributed by atoms with Crippen molar-refractivity contribution in [3.8, 4) is 5.75 Å². The Morgan fingerprint density at radius 1 is 1.25 bits per heavy atom. The van der Waals surface area contributed by atoms with Crippen LogP contribution in [0, 0.1) is 6.92 Å². The van der Waals surface area contributed by atoms with Crippen LogP contribution in [0.5, 0.6) is 5.75 Å². The molecule has 0 atom stereocenters. The Balaban J connectivity index is 1.10. The summed E-state index contributed by atoms with van der Waals surface area (Å²) in [6, 6.07) is 7.23. The molecule has 7 nitrogen and oxygen atoms in total. The molecular weight excluding hydrogens is 424 g/mol. The van der Waals surface area contributed by atoms with Gasteiger partial charge in [0.25, 0.3) is 0 Å². The van der Waals surface area contributed by atoms with Crippen LogP contribution in [-0.2, 0) is 0 Å². The molecule has 1 saturated heterocycles. The standard InChI is InChI=1S/C24H32N4O3S/c1-3-30-20-8-6-19(7-9-20)26-24(29)25-12-4-5-13-28-14-10-18(11-15-28)21-23-22(31-27-21)17(2)16-32-23/h6-9,16,18H,3-5,10-15H2,1-2H3,(H2,25,26,29). The summed E-state index contributed by atoms with van der Waals surface area (Å²) in [6.45, 7) is 8.59. The first-order chi connectivity index (χ1) is 15.6. The van der Waals surface area contributed by atoms with Crippen LogP contribution >= 0.6 is 11.3 Å². The summed E-state index contributed by atoms with van der Waals surface area (Å²) in [5, 5.41) is 12.3. The fourth-order valence-corrected chi connectivity index (χ4v) is 5.22. The number of nitrogens with one attached hydrogen (secondary N) is 2. The van der Waals surface area contributed by atoms with Gasteiger partial charge in [-0.05, 0) is 88.8 Å². The number of aromatic nitrogens is 1. The molecule has 2 aromatic heterocycles. The van der Waals surface area contributed by atoms with E-state index in [1.807, 2.05) is 31.2 Å². The van der Waals surface area contributed by atoms with Crippen LogP contribution in [0.15, 0.2) is 34.2 Å². The van der Waals surface area contributed by atoms with Crippen molar-refractivity contribution in [2.75, 3.05) is 38.1 Å². The van der Waals surface area contributed by atoms with Gasteiger partial charge in [0.1, 0.15) is 11.4 Å². The molecule has 3 aromatic rings. The van der Waals surface area contributed by atoms with Crippen molar-refractivity contribution in [1.29, 1.82) is 0 Å². The average Bonchev–Trinajstić information content (AvgIpc) is 3.38. The van der Waals surface area contributed by atoms with E-state index >= 15 is 0 Å². The molecule has 1 aliphatic rings. The van der Waals surface area contributed by atoms with Crippen LogP contribution in [0.2, 0.25) is 0 Å². The van der Waals surface area contributed by atoms with Crippen LogP contribution in [0.3, 0.4) is 0 Å². The van der Waals surface area contributed by atoms with Crippen molar-refractivity contribution in [1.82, 2.24) is 15.4 Å². The van der Waals surface area contributed by atoms with Crippen LogP contribution < -0.4 is 15.4 Å². The van der Waals surface area contributed by atoms with Gasteiger partial charge in [-0.1, -0.05) is 5.16 Å². The molecule has 8 heteroatoms. The minimum absolute atomic E-state index is 0.169. The van der Waals surface area contributed by atoms with Crippen molar-refractivity contribution in [2.24, 2.45) is 0 Å². The number of likely N-dealkylation sites (tertiary alicyclic amines) is 1. The lowest BCUT2D eigenvalue weighted by atomic mass is 9.93. The Kier molecular flexibility index (Phi) is 7.65. The molecule has 4 rings (SSSR count). The number of carbonyl (C=O) groups is 1. The fraction of sp³-hybridized carbons (Fsp3) is 0.500. The lowest BCUT2D eigenvalue weighted by Crippen LogP contribution is -2.34. The highest BCUT2D eigenvalue weighted by molar-refractivity contribution is 7.17. The Morgan fingerprint density at radius 3 is 2.78 bits per heavy atom. The van der Waals surface area contributed by atoms with E-state index in [0.29, 0.717) is 19.1 Å². The number of hydrogen-bond acceptors (Lipinski definition) is 6. The maximum absolute atomic E-state index is 12.1. The number of hydrogen-bond donors (Lipinski definition) is 2. The number of amides is 2. The third-order valence-corrected chi connectivity index (χ3v) is 7.07. The van der Waals surface area contributed by atoms with Gasteiger partial charge in [-0.15, -0.1) is 11.3 Å². The molecule has 32 heavy (non-hydrogen) atoms. The quantitative estimate of drug-likeness (QED) is 0.423. The van der Waals surface area contributed by atoms with E-state index in [-0.39, 0.29) is 6.03 Å². The van der Waals surface area contributed by atoms with Crippen molar-refractivity contribution in [2.45, 2.75) is 45.4 Å². The van der Waals surface area contributed by atoms with E-state index in [2.05, 4.69) is 33.0 Å². The van der Waals surface area contributed by atoms with Gasteiger partial charge < -0.3 is 24.8 Å². The number of rotatable bonds is 9. The molecule has 1 fully saturated rings. The SMILES string of the molecule is CCOc1ccc(NC(=O)NCCCCN2CCC(c3noc4c(C)csc34)CC2)cc1. The number of urea groups is 1. The number of fused-ring (bicyclic) bond motifs is 1. The average molecular weight is 457 g/mol. The third kappa shape index (κ3) is 5.61. The highest BCUT2D eigenvalue weighted by Crippen LogP contribution is 2.36. The van der Waals surface area contributed by atoms with E-state index in [1.165, 1.54) is 10.3 Å². The Hall–Kier alpha value is -2.58. The molecule has 0 unspecified atom stereocenters. The number of piperidine rings is 1. The van der Waals surface area contributed by atoms with E-state index in [0.717, 1.165) is 68.0 Å². The second-order valence-electron chi connectivity index (χ2n) is 8.31. The zero-order chi connectivity index (χ0) is 22.3. The molecule has 0 saturated carbocycles. The second kappa shape index (κ2) is 10.8. The van der Waals surface area contributed by atoms with Crippen molar-refractivity contribution in [3.63, 3.8) is 0 Å². The van der Waals surface area contributed by atoms with Gasteiger partial charge in [0, 0.05) is 23.7 Å². The molecule has 3 heterocycles. The first kappa shape index (κ1) is 22.6. The lowest BCUT2D eigenvalue weighted by Gasteiger charge is -2.31. The van der Waals surface area contributed by atoms with Crippen molar-refractivity contribution in [3.05, 3.63) is 40.9 Å². The number of aryl methyl sites for hydroxylation is 1. The van der Waals surface area contributed by atoms with Gasteiger partial charge in [-0.2, -0.15) is 0 Å². The highest BCUT2D eigenvalue weighted by Gasteiger charge is 2.26. The molecular formula is C24H32N4O3S. The van der Waals surface area contributed by atoms with Crippen LogP contribution in [-0.4, -0.2) is 48.9 Å². The maximum Gasteiger partial charge on any atom is 0.319 e. The molecule has 0 aliphatic carbocycles. The predicted molar refractivity (Wildman–Crippen MR) is 129 cm³/mol. The number of carbonyl (C=O) groups excluding carboxylic acids is 1. The zero-order valence-electron chi connectivity index (χ0n) is 18.9. The van der Waals surface area contributed by atoms with Gasteiger partial charge >= 0.3 is 6.03 Å². The Bertz CT molecular complexity index is 1010. The molecule has 2 N–H and O–H groups in total. The zero-order valence-corrected chi connectivity index (χ0v) is 19.7. The van der Waals surface area contributed by atoms with Gasteiger partial charge in [0.15, 0.2) is 5.58 Å². The number of benzene rings is 1. The lowest BCUT2D eigenvalue weighted by molar-refractivity contribution is 0.205. The van der Waals surface area contributed by atoms with E-state index in [9.17, 15) is 4.79 Å². The topological polar surface area (TPSA) is 79.6 Å². The monoisotopic (exact) mass is 456 g/mol. The van der Waals surface area contributed by atoms with Gasteiger partial charge in [0.2, 0.25) is 0 Å². The van der Waals surface area contributed by atoms with Crippen molar-refractivity contribution < 1.29 is 14.1 Å². The largest absolute Gasteiger partial charge is 0.494 e. The Labute approximate surface area is 193 Å². The number of ether oxygens (including phenoxy) is 1.